The molecule has 0 saturated carbocycles. The molecule has 1 amide bonds. The van der Waals surface area contributed by atoms with E-state index in [4.69, 9.17) is 5.73 Å². The Morgan fingerprint density at radius 3 is 2.76 bits per heavy atom. The van der Waals surface area contributed by atoms with Gasteiger partial charge >= 0.3 is 0 Å². The zero-order chi connectivity index (χ0) is 15.0. The fourth-order valence-electron chi connectivity index (χ4n) is 2.20. The standard InChI is InChI=1S/C15H15N5O/c1-19(2)15(21)13-6-8-20(18-13)14-4-3-12(16)11-9-17-7-5-10(11)14/h3-9H,16H2,1-2H3. The van der Waals surface area contributed by atoms with E-state index in [-0.39, 0.29) is 5.91 Å². The Hall–Kier alpha value is -2.89. The number of rotatable bonds is 2. The van der Waals surface area contributed by atoms with Gasteiger partial charge in [0.15, 0.2) is 5.69 Å². The van der Waals surface area contributed by atoms with Crippen molar-refractivity contribution in [2.45, 2.75) is 0 Å². The van der Waals surface area contributed by atoms with Crippen LogP contribution in [0.5, 0.6) is 0 Å². The number of nitrogens with two attached hydrogens (primary N) is 1. The summed E-state index contributed by atoms with van der Waals surface area (Å²) >= 11 is 0. The third-order valence-electron chi connectivity index (χ3n) is 3.29. The molecule has 6 heteroatoms. The molecule has 0 radical (unpaired) electrons. The number of aromatic nitrogens is 3. The van der Waals surface area contributed by atoms with Crippen LogP contribution in [0.2, 0.25) is 0 Å². The molecule has 2 N–H and O–H groups in total. The third-order valence-corrected chi connectivity index (χ3v) is 3.29. The van der Waals surface area contributed by atoms with Gasteiger partial charge in [-0.3, -0.25) is 9.78 Å². The van der Waals surface area contributed by atoms with Gasteiger partial charge in [-0.1, -0.05) is 0 Å². The average molecular weight is 281 g/mol. The van der Waals surface area contributed by atoms with Crippen LogP contribution in [0.25, 0.3) is 16.5 Å². The fourth-order valence-corrected chi connectivity index (χ4v) is 2.20. The number of carbonyl (C=O) groups excluding carboxylic acids is 1. The Morgan fingerprint density at radius 1 is 1.19 bits per heavy atom. The van der Waals surface area contributed by atoms with E-state index in [1.165, 1.54) is 4.90 Å². The van der Waals surface area contributed by atoms with Crippen LogP contribution in [0.15, 0.2) is 42.9 Å². The molecule has 106 valence electrons. The molecule has 0 aliphatic heterocycles. The minimum atomic E-state index is -0.129. The number of anilines is 1. The first kappa shape index (κ1) is 13.1. The Balaban J connectivity index is 2.14. The zero-order valence-corrected chi connectivity index (χ0v) is 11.8. The van der Waals surface area contributed by atoms with E-state index in [0.717, 1.165) is 16.5 Å². The van der Waals surface area contributed by atoms with Gasteiger partial charge in [0.2, 0.25) is 0 Å². The molecule has 1 aromatic carbocycles. The number of benzene rings is 1. The lowest BCUT2D eigenvalue weighted by Gasteiger charge is -2.09. The summed E-state index contributed by atoms with van der Waals surface area (Å²) in [4.78, 5) is 17.5. The normalized spacial score (nSPS) is 10.8. The second kappa shape index (κ2) is 4.90. The van der Waals surface area contributed by atoms with E-state index in [9.17, 15) is 4.79 Å². The molecule has 3 rings (SSSR count). The van der Waals surface area contributed by atoms with E-state index in [2.05, 4.69) is 10.1 Å². The number of nitrogens with zero attached hydrogens (tertiary/aromatic N) is 4. The van der Waals surface area contributed by atoms with Crippen molar-refractivity contribution < 1.29 is 4.79 Å². The predicted octanol–water partition coefficient (Wildman–Crippen LogP) is 1.70. The predicted molar refractivity (Wildman–Crippen MR) is 81.3 cm³/mol. The van der Waals surface area contributed by atoms with Crippen LogP contribution in [0.4, 0.5) is 5.69 Å². The molecule has 6 nitrogen and oxygen atoms in total. The lowest BCUT2D eigenvalue weighted by molar-refractivity contribution is 0.0821. The van der Waals surface area contributed by atoms with Crippen LogP contribution in [0.3, 0.4) is 0 Å². The van der Waals surface area contributed by atoms with Crippen LogP contribution in [-0.2, 0) is 0 Å². The van der Waals surface area contributed by atoms with Crippen molar-refractivity contribution >= 4 is 22.4 Å². The maximum Gasteiger partial charge on any atom is 0.273 e. The highest BCUT2D eigenvalue weighted by Crippen LogP contribution is 2.26. The van der Waals surface area contributed by atoms with Gasteiger partial charge in [-0.2, -0.15) is 5.10 Å². The number of amides is 1. The maximum absolute atomic E-state index is 11.9. The number of pyridine rings is 1. The molecule has 0 aliphatic carbocycles. The molecule has 2 heterocycles. The van der Waals surface area contributed by atoms with Gasteiger partial charge in [-0.25, -0.2) is 4.68 Å². The Morgan fingerprint density at radius 2 is 2.00 bits per heavy atom. The van der Waals surface area contributed by atoms with Gasteiger partial charge in [0.05, 0.1) is 5.69 Å². The van der Waals surface area contributed by atoms with Crippen molar-refractivity contribution in [1.82, 2.24) is 19.7 Å². The number of carbonyl (C=O) groups is 1. The quantitative estimate of drug-likeness (QED) is 0.725. The summed E-state index contributed by atoms with van der Waals surface area (Å²) in [7, 11) is 3.40. The lowest BCUT2D eigenvalue weighted by Crippen LogP contribution is -2.22. The van der Waals surface area contributed by atoms with Gasteiger partial charge in [-0.15, -0.1) is 0 Å². The van der Waals surface area contributed by atoms with Crippen LogP contribution in [0, 0.1) is 0 Å². The van der Waals surface area contributed by atoms with Crippen molar-refractivity contribution in [3.63, 3.8) is 0 Å². The molecule has 3 aromatic rings. The Bertz CT molecular complexity index is 822. The molecule has 21 heavy (non-hydrogen) atoms. The van der Waals surface area contributed by atoms with Gasteiger partial charge in [-0.05, 0) is 24.3 Å². The van der Waals surface area contributed by atoms with E-state index >= 15 is 0 Å². The van der Waals surface area contributed by atoms with Gasteiger partial charge in [0.25, 0.3) is 5.91 Å². The summed E-state index contributed by atoms with van der Waals surface area (Å²) in [5, 5.41) is 6.15. The molecule has 0 fully saturated rings. The van der Waals surface area contributed by atoms with Crippen LogP contribution >= 0.6 is 0 Å². The molecule has 0 saturated heterocycles. The monoisotopic (exact) mass is 281 g/mol. The summed E-state index contributed by atoms with van der Waals surface area (Å²) in [6.07, 6.45) is 5.20. The van der Waals surface area contributed by atoms with Crippen molar-refractivity contribution in [1.29, 1.82) is 0 Å². The van der Waals surface area contributed by atoms with Crippen LogP contribution in [0.1, 0.15) is 10.5 Å². The largest absolute Gasteiger partial charge is 0.398 e. The maximum atomic E-state index is 11.9. The average Bonchev–Trinajstić information content (AvgIpc) is 2.96. The number of fused-ring (bicyclic) bond motifs is 1. The second-order valence-corrected chi connectivity index (χ2v) is 4.94. The number of hydrogen-bond donors (Lipinski definition) is 1. The summed E-state index contributed by atoms with van der Waals surface area (Å²) in [5.74, 6) is -0.129. The molecular weight excluding hydrogens is 266 g/mol. The SMILES string of the molecule is CN(C)C(=O)c1ccn(-c2ccc(N)c3cnccc23)n1. The van der Waals surface area contributed by atoms with E-state index in [1.807, 2.05) is 18.2 Å². The first-order chi connectivity index (χ1) is 10.1. The summed E-state index contributed by atoms with van der Waals surface area (Å²) in [5.41, 5.74) is 7.89. The topological polar surface area (TPSA) is 77.0 Å². The molecule has 0 bridgehead atoms. The highest BCUT2D eigenvalue weighted by Gasteiger charge is 2.13. The van der Waals surface area contributed by atoms with Crippen molar-refractivity contribution in [2.24, 2.45) is 0 Å². The van der Waals surface area contributed by atoms with Gasteiger partial charge < -0.3 is 10.6 Å². The number of hydrogen-bond acceptors (Lipinski definition) is 4. The minimum Gasteiger partial charge on any atom is -0.398 e. The third kappa shape index (κ3) is 2.20. The first-order valence-electron chi connectivity index (χ1n) is 6.48. The van der Waals surface area contributed by atoms with Crippen molar-refractivity contribution in [2.75, 3.05) is 19.8 Å². The van der Waals surface area contributed by atoms with E-state index in [1.54, 1.807) is 43.4 Å². The molecule has 0 aliphatic rings. The summed E-state index contributed by atoms with van der Waals surface area (Å²) < 4.78 is 1.68. The Labute approximate surface area is 121 Å². The second-order valence-electron chi connectivity index (χ2n) is 4.94. The van der Waals surface area contributed by atoms with Crippen LogP contribution < -0.4 is 5.73 Å². The molecule has 2 aromatic heterocycles. The fraction of sp³-hybridized carbons (Fsp3) is 0.133. The molecular formula is C15H15N5O. The highest BCUT2D eigenvalue weighted by atomic mass is 16.2. The minimum absolute atomic E-state index is 0.129. The number of nitrogen functional groups attached to an aromatic ring is 1. The van der Waals surface area contributed by atoms with Gasteiger partial charge in [0, 0.05) is 49.1 Å². The van der Waals surface area contributed by atoms with Crippen LogP contribution in [-0.4, -0.2) is 39.7 Å². The van der Waals surface area contributed by atoms with E-state index < -0.39 is 0 Å². The van der Waals surface area contributed by atoms with Crippen molar-refractivity contribution in [3.05, 3.63) is 48.5 Å². The summed E-state index contributed by atoms with van der Waals surface area (Å²) in [6, 6.07) is 7.28. The Kier molecular flexibility index (Phi) is 3.06. The highest BCUT2D eigenvalue weighted by molar-refractivity contribution is 5.98. The smallest absolute Gasteiger partial charge is 0.273 e. The summed E-state index contributed by atoms with van der Waals surface area (Å²) in [6.45, 7) is 0. The zero-order valence-electron chi connectivity index (χ0n) is 11.8. The van der Waals surface area contributed by atoms with Crippen molar-refractivity contribution in [3.8, 4) is 5.69 Å². The molecule has 0 unspecified atom stereocenters. The van der Waals surface area contributed by atoms with E-state index in [0.29, 0.717) is 11.4 Å². The first-order valence-corrected chi connectivity index (χ1v) is 6.48. The molecule has 0 atom stereocenters. The molecule has 0 spiro atoms. The lowest BCUT2D eigenvalue weighted by atomic mass is 10.1. The van der Waals surface area contributed by atoms with Gasteiger partial charge in [0.1, 0.15) is 0 Å².